The molecule has 0 radical (unpaired) electrons. The van der Waals surface area contributed by atoms with Gasteiger partial charge in [-0.15, -0.1) is 0 Å². The number of hydrogen-bond donors (Lipinski definition) is 2. The summed E-state index contributed by atoms with van der Waals surface area (Å²) in [4.78, 5) is 3.80. The third-order valence-corrected chi connectivity index (χ3v) is 5.93. The number of hydrogen-bond acceptors (Lipinski definition) is 4. The number of benzene rings is 2. The van der Waals surface area contributed by atoms with Gasteiger partial charge in [-0.05, 0) is 23.6 Å². The Morgan fingerprint density at radius 2 is 1.79 bits per heavy atom. The van der Waals surface area contributed by atoms with Crippen molar-refractivity contribution in [2.24, 2.45) is 10.9 Å². The van der Waals surface area contributed by atoms with E-state index in [1.165, 1.54) is 18.2 Å². The number of aliphatic imine (C=N–C) groups is 1. The molecule has 6 nitrogen and oxygen atoms in total. The maximum atomic E-state index is 13.7. The van der Waals surface area contributed by atoms with Crippen molar-refractivity contribution in [2.75, 3.05) is 32.5 Å². The van der Waals surface area contributed by atoms with Gasteiger partial charge < -0.3 is 15.4 Å². The van der Waals surface area contributed by atoms with Gasteiger partial charge >= 0.3 is 0 Å². The van der Waals surface area contributed by atoms with E-state index in [4.69, 9.17) is 4.74 Å². The summed E-state index contributed by atoms with van der Waals surface area (Å²) in [5.41, 5.74) is 1.13. The molecule has 2 aromatic rings. The molecule has 0 saturated heterocycles. The number of guanidine groups is 1. The zero-order valence-corrected chi connectivity index (χ0v) is 17.6. The Bertz CT molecular complexity index is 889. The second kappa shape index (κ2) is 11.5. The lowest BCUT2D eigenvalue weighted by Crippen LogP contribution is -2.41. The SMILES string of the molecule is CN=C(NCCS(=O)(=O)c1ccccc1F)NCC(C)COCc1ccccc1. The van der Waals surface area contributed by atoms with Gasteiger partial charge in [0.05, 0.1) is 19.0 Å². The Balaban J connectivity index is 1.70. The van der Waals surface area contributed by atoms with Crippen LogP contribution in [-0.2, 0) is 21.2 Å². The molecule has 0 heterocycles. The molecule has 0 fully saturated rings. The molecule has 0 bridgehead atoms. The van der Waals surface area contributed by atoms with Gasteiger partial charge in [0.2, 0.25) is 0 Å². The van der Waals surface area contributed by atoms with E-state index in [0.29, 0.717) is 25.7 Å². The van der Waals surface area contributed by atoms with Crippen molar-refractivity contribution in [3.63, 3.8) is 0 Å². The molecule has 2 rings (SSSR count). The van der Waals surface area contributed by atoms with Crippen LogP contribution in [0.15, 0.2) is 64.5 Å². The molecule has 0 aliphatic rings. The number of halogens is 1. The van der Waals surface area contributed by atoms with Gasteiger partial charge in [0.1, 0.15) is 10.7 Å². The van der Waals surface area contributed by atoms with E-state index >= 15 is 0 Å². The maximum Gasteiger partial charge on any atom is 0.191 e. The predicted octanol–water partition coefficient (Wildman–Crippen LogP) is 2.62. The van der Waals surface area contributed by atoms with Crippen LogP contribution in [0.3, 0.4) is 0 Å². The molecule has 0 aliphatic heterocycles. The van der Waals surface area contributed by atoms with Crippen molar-refractivity contribution >= 4 is 15.8 Å². The molecular formula is C21H28FN3O3S. The molecule has 0 saturated carbocycles. The first kappa shape index (κ1) is 22.8. The van der Waals surface area contributed by atoms with Crippen LogP contribution >= 0.6 is 0 Å². The highest BCUT2D eigenvalue weighted by Gasteiger charge is 2.18. The van der Waals surface area contributed by atoms with E-state index in [1.54, 1.807) is 7.05 Å². The second-order valence-electron chi connectivity index (χ2n) is 6.74. The third-order valence-electron chi connectivity index (χ3n) is 4.19. The van der Waals surface area contributed by atoms with Crippen molar-refractivity contribution in [1.29, 1.82) is 0 Å². The van der Waals surface area contributed by atoms with Crippen molar-refractivity contribution < 1.29 is 17.5 Å². The van der Waals surface area contributed by atoms with Gasteiger partial charge in [-0.25, -0.2) is 12.8 Å². The molecule has 0 aliphatic carbocycles. The molecule has 0 amide bonds. The standard InChI is InChI=1S/C21H28FN3O3S/c1-17(15-28-16-18-8-4-3-5-9-18)14-25-21(23-2)24-12-13-29(26,27)20-11-7-6-10-19(20)22/h3-11,17H,12-16H2,1-2H3,(H2,23,24,25). The first-order valence-corrected chi connectivity index (χ1v) is 11.1. The van der Waals surface area contributed by atoms with Gasteiger partial charge in [-0.2, -0.15) is 0 Å². The fraction of sp³-hybridized carbons (Fsp3) is 0.381. The number of ether oxygens (including phenoxy) is 1. The van der Waals surface area contributed by atoms with E-state index in [9.17, 15) is 12.8 Å². The number of nitrogens with one attached hydrogen (secondary N) is 2. The first-order valence-electron chi connectivity index (χ1n) is 9.46. The molecule has 1 atom stereocenters. The fourth-order valence-electron chi connectivity index (χ4n) is 2.61. The van der Waals surface area contributed by atoms with Crippen molar-refractivity contribution in [2.45, 2.75) is 18.4 Å². The maximum absolute atomic E-state index is 13.7. The summed E-state index contributed by atoms with van der Waals surface area (Å²) < 4.78 is 44.0. The van der Waals surface area contributed by atoms with Crippen LogP contribution in [0.25, 0.3) is 0 Å². The van der Waals surface area contributed by atoms with Crippen LogP contribution in [0.2, 0.25) is 0 Å². The monoisotopic (exact) mass is 421 g/mol. The summed E-state index contributed by atoms with van der Waals surface area (Å²) in [6.07, 6.45) is 0. The van der Waals surface area contributed by atoms with Crippen LogP contribution in [0.4, 0.5) is 4.39 Å². The summed E-state index contributed by atoms with van der Waals surface area (Å²) in [6.45, 7) is 3.93. The Labute approximate surface area is 172 Å². The normalized spacial score (nSPS) is 13.1. The van der Waals surface area contributed by atoms with E-state index in [-0.39, 0.29) is 23.1 Å². The second-order valence-corrected chi connectivity index (χ2v) is 8.81. The van der Waals surface area contributed by atoms with Crippen LogP contribution in [0, 0.1) is 11.7 Å². The summed E-state index contributed by atoms with van der Waals surface area (Å²) in [5.74, 6) is -0.243. The lowest BCUT2D eigenvalue weighted by atomic mass is 10.2. The van der Waals surface area contributed by atoms with E-state index in [2.05, 4.69) is 15.6 Å². The van der Waals surface area contributed by atoms with Gasteiger partial charge in [-0.3, -0.25) is 4.99 Å². The van der Waals surface area contributed by atoms with Gasteiger partial charge in [0, 0.05) is 20.1 Å². The Morgan fingerprint density at radius 3 is 2.48 bits per heavy atom. The molecule has 2 N–H and O–H groups in total. The highest BCUT2D eigenvalue weighted by Crippen LogP contribution is 2.14. The number of sulfone groups is 1. The van der Waals surface area contributed by atoms with E-state index in [0.717, 1.165) is 11.6 Å². The van der Waals surface area contributed by atoms with Crippen molar-refractivity contribution in [1.82, 2.24) is 10.6 Å². The lowest BCUT2D eigenvalue weighted by molar-refractivity contribution is 0.0931. The minimum atomic E-state index is -3.70. The Morgan fingerprint density at radius 1 is 1.10 bits per heavy atom. The summed E-state index contributed by atoms with van der Waals surface area (Å²) >= 11 is 0. The number of rotatable bonds is 10. The first-order chi connectivity index (χ1) is 13.9. The highest BCUT2D eigenvalue weighted by atomic mass is 32.2. The van der Waals surface area contributed by atoms with Gasteiger partial charge in [-0.1, -0.05) is 49.4 Å². The lowest BCUT2D eigenvalue weighted by Gasteiger charge is -2.16. The zero-order valence-electron chi connectivity index (χ0n) is 16.8. The predicted molar refractivity (Wildman–Crippen MR) is 113 cm³/mol. The highest BCUT2D eigenvalue weighted by molar-refractivity contribution is 7.91. The summed E-state index contributed by atoms with van der Waals surface area (Å²) in [6, 6.07) is 15.3. The van der Waals surface area contributed by atoms with E-state index < -0.39 is 15.7 Å². The quantitative estimate of drug-likeness (QED) is 0.455. The Kier molecular flexibility index (Phi) is 9.08. The molecule has 0 spiro atoms. The molecule has 8 heteroatoms. The molecule has 158 valence electrons. The average molecular weight is 422 g/mol. The zero-order chi connectivity index (χ0) is 21.1. The van der Waals surface area contributed by atoms with Gasteiger partial charge in [0.15, 0.2) is 15.8 Å². The van der Waals surface area contributed by atoms with Gasteiger partial charge in [0.25, 0.3) is 0 Å². The van der Waals surface area contributed by atoms with Crippen LogP contribution in [-0.4, -0.2) is 46.9 Å². The molecule has 0 aromatic heterocycles. The summed E-state index contributed by atoms with van der Waals surface area (Å²) in [7, 11) is -2.10. The summed E-state index contributed by atoms with van der Waals surface area (Å²) in [5, 5.41) is 6.09. The molecule has 1 unspecified atom stereocenters. The third kappa shape index (κ3) is 7.83. The molecule has 2 aromatic carbocycles. The number of nitrogens with zero attached hydrogens (tertiary/aromatic N) is 1. The average Bonchev–Trinajstić information content (AvgIpc) is 2.71. The topological polar surface area (TPSA) is 79.8 Å². The van der Waals surface area contributed by atoms with Crippen molar-refractivity contribution in [3.8, 4) is 0 Å². The fourth-order valence-corrected chi connectivity index (χ4v) is 3.86. The van der Waals surface area contributed by atoms with E-state index in [1.807, 2.05) is 37.3 Å². The van der Waals surface area contributed by atoms with Crippen LogP contribution < -0.4 is 10.6 Å². The van der Waals surface area contributed by atoms with Crippen LogP contribution in [0.5, 0.6) is 0 Å². The Hall–Kier alpha value is -2.45. The minimum absolute atomic E-state index is 0.120. The molecule has 29 heavy (non-hydrogen) atoms. The van der Waals surface area contributed by atoms with Crippen LogP contribution in [0.1, 0.15) is 12.5 Å². The smallest absolute Gasteiger partial charge is 0.191 e. The largest absolute Gasteiger partial charge is 0.376 e. The van der Waals surface area contributed by atoms with Crippen molar-refractivity contribution in [3.05, 3.63) is 66.0 Å². The molecular weight excluding hydrogens is 393 g/mol. The minimum Gasteiger partial charge on any atom is -0.376 e.